The molecule has 0 aliphatic carbocycles. The highest BCUT2D eigenvalue weighted by Crippen LogP contribution is 2.39. The van der Waals surface area contributed by atoms with Gasteiger partial charge in [0.05, 0.1) is 5.56 Å². The van der Waals surface area contributed by atoms with Crippen LogP contribution in [0.4, 0.5) is 26.3 Å². The van der Waals surface area contributed by atoms with E-state index < -0.39 is 24.9 Å². The van der Waals surface area contributed by atoms with Crippen LogP contribution >= 0.6 is 0 Å². The molecular weight excluding hydrogens is 278 g/mol. The number of ether oxygens (including phenoxy) is 1. The summed E-state index contributed by atoms with van der Waals surface area (Å²) in [6.07, 6.45) is -4.26. The highest BCUT2D eigenvalue weighted by molar-refractivity contribution is 5.79. The lowest BCUT2D eigenvalue weighted by atomic mass is 10.2. The monoisotopic (exact) mass is 286 g/mol. The number of hydrogen-bond donors (Lipinski definition) is 0. The van der Waals surface area contributed by atoms with Crippen molar-refractivity contribution in [3.05, 3.63) is 29.8 Å². The summed E-state index contributed by atoms with van der Waals surface area (Å²) >= 11 is 0. The third kappa shape index (κ3) is 3.18. The second-order valence-corrected chi connectivity index (χ2v) is 3.57. The first-order valence-corrected chi connectivity index (χ1v) is 4.93. The Hall–Kier alpha value is -1.73. The molecule has 0 aliphatic rings. The van der Waals surface area contributed by atoms with Crippen LogP contribution in [-0.4, -0.2) is 31.2 Å². The number of para-hydroxylation sites is 1. The third-order valence-electron chi connectivity index (χ3n) is 2.22. The van der Waals surface area contributed by atoms with Gasteiger partial charge < -0.3 is 4.74 Å². The molecule has 0 saturated heterocycles. The number of alkyl halides is 6. The van der Waals surface area contributed by atoms with Crippen molar-refractivity contribution in [3.63, 3.8) is 0 Å². The minimum absolute atomic E-state index is 0.154. The summed E-state index contributed by atoms with van der Waals surface area (Å²) in [5, 5.41) is 0. The average Bonchev–Trinajstić information content (AvgIpc) is 2.36. The van der Waals surface area contributed by atoms with E-state index >= 15 is 0 Å². The van der Waals surface area contributed by atoms with Gasteiger partial charge in [-0.15, -0.1) is 0 Å². The summed E-state index contributed by atoms with van der Waals surface area (Å²) in [5.74, 6) is -11.0. The molecule has 106 valence electrons. The van der Waals surface area contributed by atoms with Crippen LogP contribution in [0.15, 0.2) is 24.3 Å². The van der Waals surface area contributed by atoms with Crippen LogP contribution < -0.4 is 4.74 Å². The van der Waals surface area contributed by atoms with Gasteiger partial charge in [-0.2, -0.15) is 17.6 Å². The third-order valence-corrected chi connectivity index (χ3v) is 2.22. The molecule has 0 aliphatic heterocycles. The number of rotatable bonds is 6. The number of carbonyl (C=O) groups is 1. The molecule has 0 radical (unpaired) electrons. The number of carbonyl (C=O) groups excluding carboxylic acids is 1. The fourth-order valence-corrected chi connectivity index (χ4v) is 1.13. The summed E-state index contributed by atoms with van der Waals surface area (Å²) in [6, 6.07) is 4.99. The summed E-state index contributed by atoms with van der Waals surface area (Å²) in [6.45, 7) is -1.96. The Morgan fingerprint density at radius 1 is 1.16 bits per heavy atom. The lowest BCUT2D eigenvalue weighted by molar-refractivity contribution is -0.271. The van der Waals surface area contributed by atoms with Crippen molar-refractivity contribution in [2.45, 2.75) is 18.3 Å². The lowest BCUT2D eigenvalue weighted by Gasteiger charge is -2.25. The van der Waals surface area contributed by atoms with E-state index in [1.165, 1.54) is 18.2 Å². The summed E-state index contributed by atoms with van der Waals surface area (Å²) in [5.41, 5.74) is -0.154. The topological polar surface area (TPSA) is 26.3 Å². The van der Waals surface area contributed by atoms with Gasteiger partial charge in [0.2, 0.25) is 0 Å². The number of halogens is 6. The highest BCUT2D eigenvalue weighted by Gasteiger charge is 2.63. The molecule has 0 saturated carbocycles. The minimum atomic E-state index is -5.51. The zero-order valence-electron chi connectivity index (χ0n) is 9.26. The molecule has 1 aromatic rings. The van der Waals surface area contributed by atoms with Crippen molar-refractivity contribution in [1.82, 2.24) is 0 Å². The van der Waals surface area contributed by atoms with Gasteiger partial charge in [-0.25, -0.2) is 8.78 Å². The predicted molar refractivity (Wildman–Crippen MR) is 53.2 cm³/mol. The standard InChI is InChI=1S/C11H8F6O2/c12-9(13)11(16,17)10(14,15)6-19-8-4-2-1-3-7(8)5-18/h1-5,9H,6H2. The van der Waals surface area contributed by atoms with E-state index in [0.29, 0.717) is 0 Å². The number of aldehydes is 1. The SMILES string of the molecule is O=Cc1ccccc1OCC(F)(F)C(F)(F)C(F)F. The molecule has 0 atom stereocenters. The largest absolute Gasteiger partial charge is 0.486 e. The molecule has 0 heterocycles. The van der Waals surface area contributed by atoms with Crippen LogP contribution in [0.5, 0.6) is 5.75 Å². The molecule has 0 unspecified atom stereocenters. The first kappa shape index (κ1) is 15.3. The van der Waals surface area contributed by atoms with E-state index in [4.69, 9.17) is 0 Å². The van der Waals surface area contributed by atoms with Crippen LogP contribution in [0.2, 0.25) is 0 Å². The molecule has 1 rings (SSSR count). The minimum Gasteiger partial charge on any atom is -0.486 e. The summed E-state index contributed by atoms with van der Waals surface area (Å²) in [7, 11) is 0. The molecule has 19 heavy (non-hydrogen) atoms. The van der Waals surface area contributed by atoms with Gasteiger partial charge in [-0.3, -0.25) is 4.79 Å². The molecule has 0 N–H and O–H groups in total. The predicted octanol–water partition coefficient (Wildman–Crippen LogP) is 3.41. The molecule has 2 nitrogen and oxygen atoms in total. The Balaban J connectivity index is 2.83. The van der Waals surface area contributed by atoms with Crippen LogP contribution in [0.1, 0.15) is 10.4 Å². The Morgan fingerprint density at radius 2 is 1.74 bits per heavy atom. The van der Waals surface area contributed by atoms with Gasteiger partial charge in [0, 0.05) is 0 Å². The zero-order valence-corrected chi connectivity index (χ0v) is 9.26. The van der Waals surface area contributed by atoms with E-state index in [-0.39, 0.29) is 17.6 Å². The second kappa shape index (κ2) is 5.50. The van der Waals surface area contributed by atoms with Gasteiger partial charge in [-0.05, 0) is 12.1 Å². The van der Waals surface area contributed by atoms with Gasteiger partial charge >= 0.3 is 18.3 Å². The van der Waals surface area contributed by atoms with Crippen molar-refractivity contribution in [2.75, 3.05) is 6.61 Å². The molecule has 1 aromatic carbocycles. The lowest BCUT2D eigenvalue weighted by Crippen LogP contribution is -2.50. The van der Waals surface area contributed by atoms with E-state index in [2.05, 4.69) is 4.74 Å². The maximum absolute atomic E-state index is 12.9. The number of benzene rings is 1. The van der Waals surface area contributed by atoms with E-state index in [9.17, 15) is 31.1 Å². The average molecular weight is 286 g/mol. The Labute approximate surface area is 104 Å². The molecule has 0 spiro atoms. The number of hydrogen-bond acceptors (Lipinski definition) is 2. The van der Waals surface area contributed by atoms with Crippen LogP contribution in [-0.2, 0) is 0 Å². The highest BCUT2D eigenvalue weighted by atomic mass is 19.3. The Morgan fingerprint density at radius 3 is 2.26 bits per heavy atom. The second-order valence-electron chi connectivity index (χ2n) is 3.57. The summed E-state index contributed by atoms with van der Waals surface area (Å²) in [4.78, 5) is 10.5. The van der Waals surface area contributed by atoms with Crippen LogP contribution in [0.25, 0.3) is 0 Å². The molecule has 0 aromatic heterocycles. The van der Waals surface area contributed by atoms with Crippen molar-refractivity contribution in [2.24, 2.45) is 0 Å². The van der Waals surface area contributed by atoms with Crippen molar-refractivity contribution >= 4 is 6.29 Å². The Kier molecular flexibility index (Phi) is 4.43. The van der Waals surface area contributed by atoms with E-state index in [1.54, 1.807) is 0 Å². The smallest absolute Gasteiger partial charge is 0.372 e. The van der Waals surface area contributed by atoms with Crippen LogP contribution in [0, 0.1) is 0 Å². The van der Waals surface area contributed by atoms with Crippen LogP contribution in [0.3, 0.4) is 0 Å². The first-order chi connectivity index (χ1) is 8.72. The Bertz CT molecular complexity index is 447. The molecule has 8 heteroatoms. The maximum Gasteiger partial charge on any atom is 0.372 e. The fourth-order valence-electron chi connectivity index (χ4n) is 1.13. The maximum atomic E-state index is 12.9. The molecule has 0 fully saturated rings. The van der Waals surface area contributed by atoms with Crippen molar-refractivity contribution in [3.8, 4) is 5.75 Å². The fraction of sp³-hybridized carbons (Fsp3) is 0.364. The summed E-state index contributed by atoms with van der Waals surface area (Å²) < 4.78 is 79.0. The molecule has 0 bridgehead atoms. The molecular formula is C11H8F6O2. The normalized spacial score (nSPS) is 12.6. The zero-order chi connectivity index (χ0) is 14.7. The van der Waals surface area contributed by atoms with Crippen molar-refractivity contribution < 1.29 is 35.9 Å². The van der Waals surface area contributed by atoms with E-state index in [1.807, 2.05) is 0 Å². The van der Waals surface area contributed by atoms with Gasteiger partial charge in [0.15, 0.2) is 12.9 Å². The first-order valence-electron chi connectivity index (χ1n) is 4.93. The van der Waals surface area contributed by atoms with Gasteiger partial charge in [0.25, 0.3) is 0 Å². The van der Waals surface area contributed by atoms with Crippen molar-refractivity contribution in [1.29, 1.82) is 0 Å². The van der Waals surface area contributed by atoms with Gasteiger partial charge in [0.1, 0.15) is 5.75 Å². The quantitative estimate of drug-likeness (QED) is 0.591. The van der Waals surface area contributed by atoms with E-state index in [0.717, 1.165) is 6.07 Å². The van der Waals surface area contributed by atoms with Gasteiger partial charge in [-0.1, -0.05) is 12.1 Å². The molecule has 0 amide bonds.